The highest BCUT2D eigenvalue weighted by molar-refractivity contribution is 5.70. The molecule has 1 unspecified atom stereocenters. The number of fused-ring (bicyclic) bond motifs is 1. The van der Waals surface area contributed by atoms with E-state index in [0.29, 0.717) is 12.2 Å². The van der Waals surface area contributed by atoms with Crippen molar-refractivity contribution >= 4 is 5.97 Å². The number of quaternary nitrogens is 1. The Labute approximate surface area is 160 Å². The Morgan fingerprint density at radius 3 is 2.37 bits per heavy atom. The number of nitrogens with one attached hydrogen (secondary N) is 1. The average Bonchev–Trinajstić information content (AvgIpc) is 2.70. The molecule has 144 valence electrons. The van der Waals surface area contributed by atoms with Crippen molar-refractivity contribution in [2.45, 2.75) is 32.4 Å². The number of methoxy groups -OCH3 is 3. The lowest BCUT2D eigenvalue weighted by molar-refractivity contribution is -0.946. The molecule has 0 bridgehead atoms. The van der Waals surface area contributed by atoms with Gasteiger partial charge in [0.25, 0.3) is 0 Å². The molecule has 1 aliphatic rings. The van der Waals surface area contributed by atoms with Crippen LogP contribution in [0.25, 0.3) is 0 Å². The zero-order valence-electron chi connectivity index (χ0n) is 16.5. The van der Waals surface area contributed by atoms with Gasteiger partial charge in [-0.3, -0.25) is 4.79 Å². The lowest BCUT2D eigenvalue weighted by Gasteiger charge is -2.34. The monoisotopic (exact) mass is 370 g/mol. The molecule has 0 aliphatic carbocycles. The molecule has 2 aromatic rings. The number of esters is 1. The van der Waals surface area contributed by atoms with Crippen molar-refractivity contribution in [2.75, 3.05) is 27.9 Å². The zero-order valence-corrected chi connectivity index (χ0v) is 16.5. The average molecular weight is 370 g/mol. The van der Waals surface area contributed by atoms with Crippen molar-refractivity contribution in [1.29, 1.82) is 0 Å². The summed E-state index contributed by atoms with van der Waals surface area (Å²) in [6.07, 6.45) is 1.29. The van der Waals surface area contributed by atoms with E-state index >= 15 is 0 Å². The summed E-state index contributed by atoms with van der Waals surface area (Å²) in [4.78, 5) is 13.5. The second-order valence-electron chi connectivity index (χ2n) is 7.06. The van der Waals surface area contributed by atoms with E-state index < -0.39 is 0 Å². The lowest BCUT2D eigenvalue weighted by atomic mass is 9.89. The molecule has 1 N–H and O–H groups in total. The summed E-state index contributed by atoms with van der Waals surface area (Å²) in [5.41, 5.74) is 4.88. The molecular formula is C22H28NO4+. The Morgan fingerprint density at radius 1 is 1.07 bits per heavy atom. The number of benzene rings is 2. The predicted octanol–water partition coefficient (Wildman–Crippen LogP) is 2.26. The van der Waals surface area contributed by atoms with Crippen LogP contribution in [0, 0.1) is 6.92 Å². The quantitative estimate of drug-likeness (QED) is 0.793. The van der Waals surface area contributed by atoms with Gasteiger partial charge in [-0.1, -0.05) is 29.8 Å². The number of carbonyl (C=O) groups excluding carboxylic acids is 1. The summed E-state index contributed by atoms with van der Waals surface area (Å²) >= 11 is 0. The van der Waals surface area contributed by atoms with Gasteiger partial charge in [0.15, 0.2) is 11.5 Å². The largest absolute Gasteiger partial charge is 0.493 e. The number of hydrogen-bond donors (Lipinski definition) is 1. The first-order valence-electron chi connectivity index (χ1n) is 9.27. The van der Waals surface area contributed by atoms with E-state index in [1.807, 2.05) is 12.1 Å². The number of ether oxygens (including phenoxy) is 3. The summed E-state index contributed by atoms with van der Waals surface area (Å²) in [6, 6.07) is 12.7. The van der Waals surface area contributed by atoms with Gasteiger partial charge >= 0.3 is 5.97 Å². The first kappa shape index (κ1) is 19.2. The van der Waals surface area contributed by atoms with Crippen LogP contribution in [0.15, 0.2) is 36.4 Å². The van der Waals surface area contributed by atoms with E-state index in [2.05, 4.69) is 31.2 Å². The molecule has 2 atom stereocenters. The maximum Gasteiger partial charge on any atom is 0.311 e. The Kier molecular flexibility index (Phi) is 6.01. The highest BCUT2D eigenvalue weighted by Crippen LogP contribution is 2.35. The topological polar surface area (TPSA) is 49.2 Å². The fourth-order valence-corrected chi connectivity index (χ4v) is 3.85. The molecule has 0 aromatic heterocycles. The number of rotatable bonds is 6. The van der Waals surface area contributed by atoms with E-state index in [1.54, 1.807) is 14.2 Å². The van der Waals surface area contributed by atoms with Gasteiger partial charge in [-0.15, -0.1) is 0 Å². The van der Waals surface area contributed by atoms with Gasteiger partial charge in [-0.2, -0.15) is 0 Å². The van der Waals surface area contributed by atoms with Crippen LogP contribution in [0.1, 0.15) is 34.7 Å². The Balaban J connectivity index is 1.95. The Morgan fingerprint density at radius 2 is 1.74 bits per heavy atom. The molecule has 27 heavy (non-hydrogen) atoms. The SMILES string of the molecule is COC(=O)C[C@@H]1c2cc(OC)c(OC)cc2CC[NH+]1Cc1ccc(C)cc1. The third-order valence-electron chi connectivity index (χ3n) is 5.38. The molecule has 5 nitrogen and oxygen atoms in total. The number of hydrogen-bond acceptors (Lipinski definition) is 4. The Hall–Kier alpha value is -2.53. The maximum absolute atomic E-state index is 12.1. The van der Waals surface area contributed by atoms with Crippen LogP contribution in [0.2, 0.25) is 0 Å². The van der Waals surface area contributed by atoms with Gasteiger partial charge < -0.3 is 19.1 Å². The van der Waals surface area contributed by atoms with Crippen LogP contribution >= 0.6 is 0 Å². The van der Waals surface area contributed by atoms with Crippen molar-refractivity contribution in [3.63, 3.8) is 0 Å². The molecule has 5 heteroatoms. The van der Waals surface area contributed by atoms with Gasteiger partial charge in [0, 0.05) is 17.5 Å². The highest BCUT2D eigenvalue weighted by Gasteiger charge is 2.34. The molecule has 0 radical (unpaired) electrons. The molecule has 0 fully saturated rings. The van der Waals surface area contributed by atoms with Gasteiger partial charge in [0.2, 0.25) is 0 Å². The molecule has 0 saturated carbocycles. The summed E-state index contributed by atoms with van der Waals surface area (Å²) in [6.45, 7) is 3.92. The van der Waals surface area contributed by atoms with Gasteiger partial charge in [-0.05, 0) is 24.6 Å². The minimum atomic E-state index is -0.191. The second-order valence-corrected chi connectivity index (χ2v) is 7.06. The van der Waals surface area contributed by atoms with E-state index in [1.165, 1.54) is 28.7 Å². The number of carbonyl (C=O) groups is 1. The molecular weight excluding hydrogens is 342 g/mol. The smallest absolute Gasteiger partial charge is 0.311 e. The van der Waals surface area contributed by atoms with Crippen molar-refractivity contribution in [2.24, 2.45) is 0 Å². The first-order chi connectivity index (χ1) is 13.0. The second kappa shape index (κ2) is 8.44. The standard InChI is InChI=1S/C22H27NO4/c1-15-5-7-16(8-6-15)14-23-10-9-17-11-20(25-2)21(26-3)12-18(17)19(23)13-22(24)27-4/h5-8,11-12,19H,9-10,13-14H2,1-4H3/p+1/t19-/m1/s1. The van der Waals surface area contributed by atoms with Crippen LogP contribution in [-0.4, -0.2) is 33.8 Å². The summed E-state index contributed by atoms with van der Waals surface area (Å²) in [7, 11) is 4.73. The first-order valence-corrected chi connectivity index (χ1v) is 9.27. The number of aryl methyl sites for hydroxylation is 1. The van der Waals surface area contributed by atoms with E-state index in [0.717, 1.165) is 30.8 Å². The minimum absolute atomic E-state index is 0.0299. The van der Waals surface area contributed by atoms with Crippen molar-refractivity contribution in [3.05, 3.63) is 58.7 Å². The van der Waals surface area contributed by atoms with Crippen LogP contribution in [0.3, 0.4) is 0 Å². The lowest BCUT2D eigenvalue weighted by Crippen LogP contribution is -3.12. The summed E-state index contributed by atoms with van der Waals surface area (Å²) in [5, 5.41) is 0. The van der Waals surface area contributed by atoms with E-state index in [-0.39, 0.29) is 12.0 Å². The molecule has 3 rings (SSSR count). The van der Waals surface area contributed by atoms with Crippen LogP contribution in [-0.2, 0) is 22.5 Å². The van der Waals surface area contributed by atoms with Crippen LogP contribution < -0.4 is 14.4 Å². The fourth-order valence-electron chi connectivity index (χ4n) is 3.85. The van der Waals surface area contributed by atoms with Crippen LogP contribution in [0.5, 0.6) is 11.5 Å². The molecule has 1 heterocycles. The van der Waals surface area contributed by atoms with Crippen molar-refractivity contribution in [1.82, 2.24) is 0 Å². The third-order valence-corrected chi connectivity index (χ3v) is 5.38. The molecule has 1 aliphatic heterocycles. The van der Waals surface area contributed by atoms with Gasteiger partial charge in [0.05, 0.1) is 27.9 Å². The third kappa shape index (κ3) is 4.25. The van der Waals surface area contributed by atoms with Crippen molar-refractivity contribution < 1.29 is 23.9 Å². The van der Waals surface area contributed by atoms with Gasteiger partial charge in [0.1, 0.15) is 19.0 Å². The summed E-state index contributed by atoms with van der Waals surface area (Å²) < 4.78 is 15.9. The van der Waals surface area contributed by atoms with Crippen molar-refractivity contribution in [3.8, 4) is 11.5 Å². The van der Waals surface area contributed by atoms with E-state index in [9.17, 15) is 4.79 Å². The fraction of sp³-hybridized carbons (Fsp3) is 0.409. The Bertz CT molecular complexity index is 801. The maximum atomic E-state index is 12.1. The highest BCUT2D eigenvalue weighted by atomic mass is 16.5. The molecule has 0 saturated heterocycles. The summed E-state index contributed by atoms with van der Waals surface area (Å²) in [5.74, 6) is 1.24. The normalized spacial score (nSPS) is 18.5. The molecule has 2 aromatic carbocycles. The molecule has 0 spiro atoms. The van der Waals surface area contributed by atoms with E-state index in [4.69, 9.17) is 14.2 Å². The zero-order chi connectivity index (χ0) is 19.4. The van der Waals surface area contributed by atoms with Gasteiger partial charge in [-0.25, -0.2) is 0 Å². The molecule has 0 amide bonds. The predicted molar refractivity (Wildman–Crippen MR) is 103 cm³/mol. The minimum Gasteiger partial charge on any atom is -0.493 e. The van der Waals surface area contributed by atoms with Crippen LogP contribution in [0.4, 0.5) is 0 Å².